The van der Waals surface area contributed by atoms with E-state index in [0.29, 0.717) is 0 Å². The fourth-order valence-corrected chi connectivity index (χ4v) is 3.71. The minimum absolute atomic E-state index is 0.861. The van der Waals surface area contributed by atoms with Crippen molar-refractivity contribution >= 4 is 21.7 Å². The lowest BCUT2D eigenvalue weighted by Gasteiger charge is -2.20. The number of hydrogen-bond acceptors (Lipinski definition) is 2. The summed E-state index contributed by atoms with van der Waals surface area (Å²) in [6, 6.07) is 20.7. The fraction of sp³-hybridized carbons (Fsp3) is 0.0952. The summed E-state index contributed by atoms with van der Waals surface area (Å²) in [6.07, 6.45) is 0. The van der Waals surface area contributed by atoms with E-state index in [1.54, 1.807) is 7.11 Å². The van der Waals surface area contributed by atoms with Crippen LogP contribution in [-0.2, 0) is 7.05 Å². The smallest absolute Gasteiger partial charge is 0.228 e. The van der Waals surface area contributed by atoms with Crippen molar-refractivity contribution in [3.05, 3.63) is 60.7 Å². The lowest BCUT2D eigenvalue weighted by atomic mass is 9.96. The molecule has 24 heavy (non-hydrogen) atoms. The number of pyridine rings is 1. The van der Waals surface area contributed by atoms with Crippen LogP contribution in [0.1, 0.15) is 0 Å². The molecule has 0 spiro atoms. The Morgan fingerprint density at radius 1 is 0.875 bits per heavy atom. The van der Waals surface area contributed by atoms with Crippen molar-refractivity contribution in [3.8, 4) is 28.5 Å². The number of methoxy groups -OCH3 is 1. The molecule has 2 heterocycles. The summed E-state index contributed by atoms with van der Waals surface area (Å²) in [5.74, 6) is 2.67. The normalized spacial score (nSPS) is 12.1. The van der Waals surface area contributed by atoms with Crippen LogP contribution < -0.4 is 14.0 Å². The van der Waals surface area contributed by atoms with Gasteiger partial charge in [-0.05, 0) is 30.3 Å². The first-order valence-electron chi connectivity index (χ1n) is 7.97. The Kier molecular flexibility index (Phi) is 2.63. The molecule has 1 aliphatic heterocycles. The standard InChI is InChI=1S/C21H16NO2/c1-22-17-11-10-13(23-2)12-16(17)14-7-5-9-19-20(14)21(22)15-6-3-4-8-18(15)24-19/h3-12H,1-2H3/q+1. The van der Waals surface area contributed by atoms with Crippen LogP contribution in [0.5, 0.6) is 17.2 Å². The number of hydrogen-bond donors (Lipinski definition) is 0. The summed E-state index contributed by atoms with van der Waals surface area (Å²) in [6.45, 7) is 0. The zero-order valence-corrected chi connectivity index (χ0v) is 13.5. The van der Waals surface area contributed by atoms with E-state index in [2.05, 4.69) is 41.9 Å². The van der Waals surface area contributed by atoms with Crippen molar-refractivity contribution in [2.24, 2.45) is 7.05 Å². The van der Waals surface area contributed by atoms with E-state index < -0.39 is 0 Å². The first-order chi connectivity index (χ1) is 11.8. The summed E-state index contributed by atoms with van der Waals surface area (Å²) in [5, 5.41) is 3.50. The summed E-state index contributed by atoms with van der Waals surface area (Å²) in [4.78, 5) is 0. The molecule has 1 aliphatic rings. The summed E-state index contributed by atoms with van der Waals surface area (Å²) >= 11 is 0. The number of para-hydroxylation sites is 1. The first kappa shape index (κ1) is 13.4. The third kappa shape index (κ3) is 1.64. The second kappa shape index (κ2) is 4.71. The van der Waals surface area contributed by atoms with Crippen molar-refractivity contribution in [3.63, 3.8) is 0 Å². The first-order valence-corrected chi connectivity index (χ1v) is 7.97. The van der Waals surface area contributed by atoms with Gasteiger partial charge in [0.25, 0.3) is 0 Å². The van der Waals surface area contributed by atoms with E-state index in [1.807, 2.05) is 30.3 Å². The van der Waals surface area contributed by atoms with Gasteiger partial charge in [-0.1, -0.05) is 24.3 Å². The Bertz CT molecular complexity index is 1130. The maximum atomic E-state index is 6.17. The van der Waals surface area contributed by atoms with Gasteiger partial charge in [-0.3, -0.25) is 0 Å². The van der Waals surface area contributed by atoms with Crippen LogP contribution >= 0.6 is 0 Å². The van der Waals surface area contributed by atoms with E-state index >= 15 is 0 Å². The average Bonchev–Trinajstić information content (AvgIpc) is 2.64. The summed E-state index contributed by atoms with van der Waals surface area (Å²) in [5.41, 5.74) is 3.49. The van der Waals surface area contributed by atoms with E-state index in [4.69, 9.17) is 9.47 Å². The molecule has 0 saturated heterocycles. The molecule has 0 saturated carbocycles. The monoisotopic (exact) mass is 314 g/mol. The third-order valence-corrected chi connectivity index (χ3v) is 4.82. The Hall–Kier alpha value is -3.07. The van der Waals surface area contributed by atoms with Gasteiger partial charge in [0, 0.05) is 11.5 Å². The molecule has 0 bridgehead atoms. The average molecular weight is 314 g/mol. The molecule has 0 amide bonds. The highest BCUT2D eigenvalue weighted by atomic mass is 16.5. The quantitative estimate of drug-likeness (QED) is 0.333. The topological polar surface area (TPSA) is 22.3 Å². The molecule has 0 radical (unpaired) electrons. The molecule has 0 N–H and O–H groups in total. The zero-order valence-electron chi connectivity index (χ0n) is 13.5. The van der Waals surface area contributed by atoms with Crippen LogP contribution in [0.4, 0.5) is 0 Å². The van der Waals surface area contributed by atoms with E-state index in [-0.39, 0.29) is 0 Å². The predicted molar refractivity (Wildman–Crippen MR) is 94.7 cm³/mol. The van der Waals surface area contributed by atoms with Crippen molar-refractivity contribution in [2.45, 2.75) is 0 Å². The number of aromatic nitrogens is 1. The molecule has 5 rings (SSSR count). The van der Waals surface area contributed by atoms with Gasteiger partial charge in [0.15, 0.2) is 0 Å². The molecule has 3 aromatic carbocycles. The minimum atomic E-state index is 0.861. The molecule has 116 valence electrons. The Morgan fingerprint density at radius 3 is 2.58 bits per heavy atom. The second-order valence-electron chi connectivity index (χ2n) is 6.07. The number of aryl methyl sites for hydroxylation is 1. The van der Waals surface area contributed by atoms with Gasteiger partial charge in [0.05, 0.1) is 23.4 Å². The van der Waals surface area contributed by atoms with Crippen molar-refractivity contribution < 1.29 is 14.0 Å². The highest BCUT2D eigenvalue weighted by molar-refractivity contribution is 6.12. The Balaban J connectivity index is 2.05. The predicted octanol–water partition coefficient (Wildman–Crippen LogP) is 4.60. The number of rotatable bonds is 1. The molecular weight excluding hydrogens is 298 g/mol. The van der Waals surface area contributed by atoms with Crippen LogP contribution in [-0.4, -0.2) is 7.11 Å². The second-order valence-corrected chi connectivity index (χ2v) is 6.07. The van der Waals surface area contributed by atoms with Gasteiger partial charge >= 0.3 is 0 Å². The van der Waals surface area contributed by atoms with Gasteiger partial charge in [-0.2, -0.15) is 4.57 Å². The van der Waals surface area contributed by atoms with Gasteiger partial charge < -0.3 is 9.47 Å². The van der Waals surface area contributed by atoms with E-state index in [0.717, 1.165) is 28.2 Å². The van der Waals surface area contributed by atoms with Crippen LogP contribution in [0.3, 0.4) is 0 Å². The molecule has 3 heteroatoms. The number of nitrogens with zero attached hydrogens (tertiary/aromatic N) is 1. The summed E-state index contributed by atoms with van der Waals surface area (Å²) in [7, 11) is 3.81. The largest absolute Gasteiger partial charge is 0.497 e. The van der Waals surface area contributed by atoms with E-state index in [1.165, 1.54) is 22.0 Å². The van der Waals surface area contributed by atoms with Crippen LogP contribution in [0.25, 0.3) is 32.9 Å². The molecule has 0 unspecified atom stereocenters. The van der Waals surface area contributed by atoms with Crippen molar-refractivity contribution in [1.82, 2.24) is 0 Å². The van der Waals surface area contributed by atoms with Gasteiger partial charge in [0.2, 0.25) is 11.2 Å². The molecule has 1 aromatic heterocycles. The Morgan fingerprint density at radius 2 is 1.71 bits per heavy atom. The summed E-state index contributed by atoms with van der Waals surface area (Å²) < 4.78 is 13.8. The highest BCUT2D eigenvalue weighted by Crippen LogP contribution is 2.46. The number of benzene rings is 3. The molecule has 0 atom stereocenters. The SMILES string of the molecule is COc1ccc2c(c1)c1cccc3c1c([n+]2C)-c1ccccc1O3. The Labute approximate surface area is 139 Å². The number of fused-ring (bicyclic) bond motifs is 4. The van der Waals surface area contributed by atoms with Crippen LogP contribution in [0.2, 0.25) is 0 Å². The molecule has 0 aliphatic carbocycles. The van der Waals surface area contributed by atoms with Gasteiger partial charge in [-0.25, -0.2) is 0 Å². The molecule has 4 aromatic rings. The molecule has 0 fully saturated rings. The third-order valence-electron chi connectivity index (χ3n) is 4.82. The van der Waals surface area contributed by atoms with Gasteiger partial charge in [0.1, 0.15) is 24.3 Å². The molecular formula is C21H16NO2+. The van der Waals surface area contributed by atoms with Crippen molar-refractivity contribution in [2.75, 3.05) is 7.11 Å². The number of ether oxygens (including phenoxy) is 2. The highest BCUT2D eigenvalue weighted by Gasteiger charge is 2.29. The lowest BCUT2D eigenvalue weighted by Crippen LogP contribution is -2.33. The van der Waals surface area contributed by atoms with E-state index in [9.17, 15) is 0 Å². The minimum Gasteiger partial charge on any atom is -0.497 e. The fourth-order valence-electron chi connectivity index (χ4n) is 3.71. The lowest BCUT2D eigenvalue weighted by molar-refractivity contribution is -0.632. The maximum Gasteiger partial charge on any atom is 0.228 e. The maximum absolute atomic E-state index is 6.17. The molecule has 3 nitrogen and oxygen atoms in total. The van der Waals surface area contributed by atoms with Crippen LogP contribution in [0, 0.1) is 0 Å². The zero-order chi connectivity index (χ0) is 16.3. The van der Waals surface area contributed by atoms with Crippen molar-refractivity contribution in [1.29, 1.82) is 0 Å². The van der Waals surface area contributed by atoms with Gasteiger partial charge in [-0.15, -0.1) is 0 Å². The van der Waals surface area contributed by atoms with Crippen LogP contribution in [0.15, 0.2) is 60.7 Å².